The molecule has 1 amide bonds. The number of halogens is 1. The molecule has 0 bridgehead atoms. The maximum atomic E-state index is 12.8. The SMILES string of the molecule is CC(C)(C(=O)NCC(=O)c1ccc(F)cc1)C1CCCCC1. The van der Waals surface area contributed by atoms with Crippen LogP contribution >= 0.6 is 0 Å². The standard InChI is InChI=1S/C18H24FNO2/c1-18(2,14-6-4-3-5-7-14)17(22)20-12-16(21)13-8-10-15(19)11-9-13/h8-11,14H,3-7,12H2,1-2H3,(H,20,22). The summed E-state index contributed by atoms with van der Waals surface area (Å²) in [7, 11) is 0. The molecule has 4 heteroatoms. The first-order valence-corrected chi connectivity index (χ1v) is 7.98. The van der Waals surface area contributed by atoms with Crippen molar-refractivity contribution < 1.29 is 14.0 Å². The van der Waals surface area contributed by atoms with Gasteiger partial charge in [-0.1, -0.05) is 33.1 Å². The molecule has 1 aliphatic rings. The highest BCUT2D eigenvalue weighted by Gasteiger charge is 2.37. The van der Waals surface area contributed by atoms with E-state index in [1.165, 1.54) is 43.5 Å². The molecule has 1 aromatic carbocycles. The zero-order valence-electron chi connectivity index (χ0n) is 13.3. The largest absolute Gasteiger partial charge is 0.348 e. The topological polar surface area (TPSA) is 46.2 Å². The Morgan fingerprint density at radius 3 is 2.32 bits per heavy atom. The van der Waals surface area contributed by atoms with Crippen molar-refractivity contribution >= 4 is 11.7 Å². The fraction of sp³-hybridized carbons (Fsp3) is 0.556. The third-order valence-electron chi connectivity index (χ3n) is 4.79. The smallest absolute Gasteiger partial charge is 0.226 e. The Bertz CT molecular complexity index is 531. The van der Waals surface area contributed by atoms with Crippen molar-refractivity contribution in [2.24, 2.45) is 11.3 Å². The average Bonchev–Trinajstić information content (AvgIpc) is 2.53. The van der Waals surface area contributed by atoms with Crippen LogP contribution < -0.4 is 5.32 Å². The van der Waals surface area contributed by atoms with E-state index in [4.69, 9.17) is 0 Å². The second-order valence-electron chi connectivity index (χ2n) is 6.67. The molecule has 1 aromatic rings. The molecule has 0 aliphatic heterocycles. The molecule has 1 fully saturated rings. The van der Waals surface area contributed by atoms with Gasteiger partial charge in [-0.25, -0.2) is 4.39 Å². The molecule has 0 aromatic heterocycles. The summed E-state index contributed by atoms with van der Waals surface area (Å²) in [4.78, 5) is 24.5. The zero-order chi connectivity index (χ0) is 16.2. The summed E-state index contributed by atoms with van der Waals surface area (Å²) in [6.45, 7) is 3.88. The molecule has 1 saturated carbocycles. The van der Waals surface area contributed by atoms with Gasteiger partial charge in [0.1, 0.15) is 5.82 Å². The summed E-state index contributed by atoms with van der Waals surface area (Å²) in [5.41, 5.74) is -0.0408. The van der Waals surface area contributed by atoms with E-state index in [1.54, 1.807) is 0 Å². The number of ketones is 1. The van der Waals surface area contributed by atoms with E-state index in [0.29, 0.717) is 11.5 Å². The van der Waals surface area contributed by atoms with Crippen LogP contribution in [0.3, 0.4) is 0 Å². The van der Waals surface area contributed by atoms with Gasteiger partial charge in [-0.3, -0.25) is 9.59 Å². The summed E-state index contributed by atoms with van der Waals surface area (Å²) in [5, 5.41) is 2.75. The van der Waals surface area contributed by atoms with Crippen molar-refractivity contribution in [3.05, 3.63) is 35.6 Å². The highest BCUT2D eigenvalue weighted by molar-refractivity contribution is 5.99. The Morgan fingerprint density at radius 1 is 1.14 bits per heavy atom. The summed E-state index contributed by atoms with van der Waals surface area (Å²) >= 11 is 0. The van der Waals surface area contributed by atoms with Gasteiger partial charge in [0.05, 0.1) is 6.54 Å². The molecule has 0 unspecified atom stereocenters. The minimum absolute atomic E-state index is 0.0411. The molecule has 3 nitrogen and oxygen atoms in total. The van der Waals surface area contributed by atoms with Gasteiger partial charge in [-0.2, -0.15) is 0 Å². The van der Waals surface area contributed by atoms with Gasteiger partial charge in [0.2, 0.25) is 5.91 Å². The van der Waals surface area contributed by atoms with Gasteiger partial charge < -0.3 is 5.32 Å². The summed E-state index contributed by atoms with van der Waals surface area (Å²) < 4.78 is 12.8. The van der Waals surface area contributed by atoms with E-state index in [1.807, 2.05) is 13.8 Å². The van der Waals surface area contributed by atoms with E-state index in [9.17, 15) is 14.0 Å². The van der Waals surface area contributed by atoms with Crippen LogP contribution in [-0.2, 0) is 4.79 Å². The third-order valence-corrected chi connectivity index (χ3v) is 4.79. The van der Waals surface area contributed by atoms with Gasteiger partial charge in [-0.05, 0) is 43.0 Å². The minimum Gasteiger partial charge on any atom is -0.348 e. The van der Waals surface area contributed by atoms with Crippen molar-refractivity contribution in [2.75, 3.05) is 6.54 Å². The number of carbonyl (C=O) groups is 2. The second-order valence-corrected chi connectivity index (χ2v) is 6.67. The fourth-order valence-electron chi connectivity index (χ4n) is 3.14. The number of amides is 1. The summed E-state index contributed by atoms with van der Waals surface area (Å²) in [6.07, 6.45) is 5.75. The Hall–Kier alpha value is -1.71. The maximum absolute atomic E-state index is 12.8. The normalized spacial score (nSPS) is 16.3. The molecule has 0 atom stereocenters. The fourth-order valence-corrected chi connectivity index (χ4v) is 3.14. The lowest BCUT2D eigenvalue weighted by molar-refractivity contribution is -0.132. The first-order valence-electron chi connectivity index (χ1n) is 7.98. The number of Topliss-reactive ketones (excluding diaryl/α,β-unsaturated/α-hetero) is 1. The lowest BCUT2D eigenvalue weighted by atomic mass is 9.70. The quantitative estimate of drug-likeness (QED) is 0.843. The Labute approximate surface area is 131 Å². The third kappa shape index (κ3) is 3.93. The summed E-state index contributed by atoms with van der Waals surface area (Å²) in [6, 6.07) is 5.38. The minimum atomic E-state index is -0.455. The van der Waals surface area contributed by atoms with Crippen LogP contribution in [0.1, 0.15) is 56.3 Å². The molecule has 0 heterocycles. The molecule has 0 saturated heterocycles. The molecule has 0 spiro atoms. The van der Waals surface area contributed by atoms with Crippen LogP contribution in [0.5, 0.6) is 0 Å². The van der Waals surface area contributed by atoms with Crippen molar-refractivity contribution in [3.8, 4) is 0 Å². The number of nitrogens with one attached hydrogen (secondary N) is 1. The molecule has 1 aliphatic carbocycles. The lowest BCUT2D eigenvalue weighted by Gasteiger charge is -2.35. The van der Waals surface area contributed by atoms with Crippen LogP contribution in [0.15, 0.2) is 24.3 Å². The highest BCUT2D eigenvalue weighted by atomic mass is 19.1. The van der Waals surface area contributed by atoms with Gasteiger partial charge in [0, 0.05) is 11.0 Å². The highest BCUT2D eigenvalue weighted by Crippen LogP contribution is 2.38. The van der Waals surface area contributed by atoms with E-state index >= 15 is 0 Å². The van der Waals surface area contributed by atoms with Gasteiger partial charge >= 0.3 is 0 Å². The Kier molecular flexibility index (Phi) is 5.33. The number of rotatable bonds is 5. The molecular formula is C18H24FNO2. The predicted molar refractivity (Wildman–Crippen MR) is 84.1 cm³/mol. The molecule has 1 N–H and O–H groups in total. The summed E-state index contributed by atoms with van der Waals surface area (Å²) in [5.74, 6) is -0.274. The van der Waals surface area contributed by atoms with Crippen LogP contribution in [0.2, 0.25) is 0 Å². The molecular weight excluding hydrogens is 281 g/mol. The monoisotopic (exact) mass is 305 g/mol. The second kappa shape index (κ2) is 7.03. The lowest BCUT2D eigenvalue weighted by Crippen LogP contribution is -2.44. The number of hydrogen-bond donors (Lipinski definition) is 1. The molecule has 0 radical (unpaired) electrons. The van der Waals surface area contributed by atoms with Crippen LogP contribution in [-0.4, -0.2) is 18.2 Å². The van der Waals surface area contributed by atoms with Crippen molar-refractivity contribution in [1.29, 1.82) is 0 Å². The van der Waals surface area contributed by atoms with Crippen molar-refractivity contribution in [1.82, 2.24) is 5.32 Å². The van der Waals surface area contributed by atoms with E-state index in [0.717, 1.165) is 12.8 Å². The molecule has 22 heavy (non-hydrogen) atoms. The van der Waals surface area contributed by atoms with Crippen molar-refractivity contribution in [2.45, 2.75) is 46.0 Å². The molecule has 120 valence electrons. The van der Waals surface area contributed by atoms with Gasteiger partial charge in [0.25, 0.3) is 0 Å². The predicted octanol–water partition coefficient (Wildman–Crippen LogP) is 3.73. The van der Waals surface area contributed by atoms with Crippen molar-refractivity contribution in [3.63, 3.8) is 0 Å². The van der Waals surface area contributed by atoms with E-state index in [-0.39, 0.29) is 24.1 Å². The average molecular weight is 305 g/mol. The van der Waals surface area contributed by atoms with E-state index in [2.05, 4.69) is 5.32 Å². The van der Waals surface area contributed by atoms with Crippen LogP contribution in [0.25, 0.3) is 0 Å². The first kappa shape index (κ1) is 16.7. The van der Waals surface area contributed by atoms with Gasteiger partial charge in [0.15, 0.2) is 5.78 Å². The van der Waals surface area contributed by atoms with Crippen LogP contribution in [0.4, 0.5) is 4.39 Å². The van der Waals surface area contributed by atoms with E-state index < -0.39 is 5.41 Å². The van der Waals surface area contributed by atoms with Gasteiger partial charge in [-0.15, -0.1) is 0 Å². The number of benzene rings is 1. The number of carbonyl (C=O) groups excluding carboxylic acids is 2. The Balaban J connectivity index is 1.91. The first-order chi connectivity index (χ1) is 10.4. The van der Waals surface area contributed by atoms with Crippen LogP contribution in [0, 0.1) is 17.2 Å². The zero-order valence-corrected chi connectivity index (χ0v) is 13.3. The number of hydrogen-bond acceptors (Lipinski definition) is 2. The molecule has 2 rings (SSSR count). The Morgan fingerprint density at radius 2 is 1.73 bits per heavy atom. The maximum Gasteiger partial charge on any atom is 0.226 e.